The Kier molecular flexibility index (Phi) is 4.60. The highest BCUT2D eigenvalue weighted by molar-refractivity contribution is 6.32. The lowest BCUT2D eigenvalue weighted by molar-refractivity contribution is 0.0676. The molecule has 0 radical (unpaired) electrons. The molecule has 1 aromatic carbocycles. The van der Waals surface area contributed by atoms with Crippen LogP contribution in [0.15, 0.2) is 30.5 Å². The summed E-state index contributed by atoms with van der Waals surface area (Å²) in [7, 11) is 1.95. The standard InChI is InChI=1S/C17H20ClN3O/c1-19-10-12-4-3-7-21(11-12)17(22)15-9-14(18)8-13-5-2-6-20-16(13)15/h2,5-6,8-9,12,19H,3-4,7,10-11H2,1H3. The molecule has 3 rings (SSSR count). The number of nitrogens with zero attached hydrogens (tertiary/aromatic N) is 2. The van der Waals surface area contributed by atoms with Gasteiger partial charge in [-0.15, -0.1) is 0 Å². The first-order valence-electron chi connectivity index (χ1n) is 7.67. The number of hydrogen-bond acceptors (Lipinski definition) is 3. The minimum absolute atomic E-state index is 0.0343. The van der Waals surface area contributed by atoms with E-state index in [-0.39, 0.29) is 5.91 Å². The summed E-state index contributed by atoms with van der Waals surface area (Å²) < 4.78 is 0. The number of piperidine rings is 1. The molecule has 1 saturated heterocycles. The maximum Gasteiger partial charge on any atom is 0.256 e. The van der Waals surface area contributed by atoms with Crippen molar-refractivity contribution in [2.75, 3.05) is 26.7 Å². The van der Waals surface area contributed by atoms with E-state index in [1.807, 2.05) is 30.1 Å². The van der Waals surface area contributed by atoms with E-state index in [0.717, 1.165) is 37.0 Å². The molecular weight excluding hydrogens is 298 g/mol. The molecule has 1 aliphatic rings. The van der Waals surface area contributed by atoms with Crippen LogP contribution in [0.5, 0.6) is 0 Å². The molecule has 1 atom stereocenters. The van der Waals surface area contributed by atoms with E-state index in [2.05, 4.69) is 10.3 Å². The first-order chi connectivity index (χ1) is 10.7. The predicted molar refractivity (Wildman–Crippen MR) is 89.3 cm³/mol. The summed E-state index contributed by atoms with van der Waals surface area (Å²) in [6.45, 7) is 2.54. The Bertz CT molecular complexity index is 687. The largest absolute Gasteiger partial charge is 0.338 e. The number of hydrogen-bond donors (Lipinski definition) is 1. The van der Waals surface area contributed by atoms with E-state index >= 15 is 0 Å². The Morgan fingerprint density at radius 1 is 1.50 bits per heavy atom. The van der Waals surface area contributed by atoms with Gasteiger partial charge in [0.25, 0.3) is 5.91 Å². The predicted octanol–water partition coefficient (Wildman–Crippen LogP) is 2.96. The van der Waals surface area contributed by atoms with Crippen LogP contribution < -0.4 is 5.32 Å². The summed E-state index contributed by atoms with van der Waals surface area (Å²) >= 11 is 6.18. The van der Waals surface area contributed by atoms with Crippen LogP contribution in [-0.2, 0) is 0 Å². The highest BCUT2D eigenvalue weighted by atomic mass is 35.5. The number of likely N-dealkylation sites (tertiary alicyclic amines) is 1. The van der Waals surface area contributed by atoms with Gasteiger partial charge in [0, 0.05) is 29.7 Å². The van der Waals surface area contributed by atoms with Crippen LogP contribution in [0, 0.1) is 5.92 Å². The molecule has 0 spiro atoms. The second kappa shape index (κ2) is 6.63. The molecule has 1 fully saturated rings. The third-order valence-corrected chi connectivity index (χ3v) is 4.42. The van der Waals surface area contributed by atoms with Gasteiger partial charge in [-0.3, -0.25) is 9.78 Å². The van der Waals surface area contributed by atoms with Crippen LogP contribution in [-0.4, -0.2) is 42.5 Å². The molecule has 1 aliphatic heterocycles. The summed E-state index contributed by atoms with van der Waals surface area (Å²) in [5.41, 5.74) is 1.33. The lowest BCUT2D eigenvalue weighted by Crippen LogP contribution is -2.42. The van der Waals surface area contributed by atoms with Gasteiger partial charge in [-0.05, 0) is 50.6 Å². The molecule has 4 nitrogen and oxygen atoms in total. The fraction of sp³-hybridized carbons (Fsp3) is 0.412. The summed E-state index contributed by atoms with van der Waals surface area (Å²) in [4.78, 5) is 19.2. The van der Waals surface area contributed by atoms with Gasteiger partial charge in [-0.2, -0.15) is 0 Å². The summed E-state index contributed by atoms with van der Waals surface area (Å²) in [5, 5.41) is 4.69. The van der Waals surface area contributed by atoms with Crippen molar-refractivity contribution in [2.24, 2.45) is 5.92 Å². The Morgan fingerprint density at radius 2 is 2.36 bits per heavy atom. The van der Waals surface area contributed by atoms with Crippen LogP contribution in [0.4, 0.5) is 0 Å². The van der Waals surface area contributed by atoms with Crippen LogP contribution in [0.1, 0.15) is 23.2 Å². The Labute approximate surface area is 135 Å². The van der Waals surface area contributed by atoms with E-state index in [9.17, 15) is 4.79 Å². The smallest absolute Gasteiger partial charge is 0.256 e. The third kappa shape index (κ3) is 3.08. The van der Waals surface area contributed by atoms with Gasteiger partial charge in [0.2, 0.25) is 0 Å². The van der Waals surface area contributed by atoms with Crippen LogP contribution in [0.25, 0.3) is 10.9 Å². The zero-order chi connectivity index (χ0) is 15.5. The highest BCUT2D eigenvalue weighted by Crippen LogP contribution is 2.25. The van der Waals surface area contributed by atoms with Crippen LogP contribution in [0.2, 0.25) is 5.02 Å². The van der Waals surface area contributed by atoms with E-state index < -0.39 is 0 Å². The number of pyridine rings is 1. The number of amides is 1. The minimum Gasteiger partial charge on any atom is -0.338 e. The number of carbonyl (C=O) groups is 1. The zero-order valence-electron chi connectivity index (χ0n) is 12.7. The molecule has 22 heavy (non-hydrogen) atoms. The number of fused-ring (bicyclic) bond motifs is 1. The monoisotopic (exact) mass is 317 g/mol. The first-order valence-corrected chi connectivity index (χ1v) is 8.05. The molecule has 5 heteroatoms. The second-order valence-electron chi connectivity index (χ2n) is 5.85. The lowest BCUT2D eigenvalue weighted by Gasteiger charge is -2.33. The number of halogens is 1. The number of carbonyl (C=O) groups excluding carboxylic acids is 1. The van der Waals surface area contributed by atoms with Gasteiger partial charge < -0.3 is 10.2 Å². The number of nitrogens with one attached hydrogen (secondary N) is 1. The molecule has 0 bridgehead atoms. The van der Waals surface area contributed by atoms with Crippen molar-refractivity contribution in [3.05, 3.63) is 41.0 Å². The molecule has 1 aromatic heterocycles. The van der Waals surface area contributed by atoms with Crippen LogP contribution >= 0.6 is 11.6 Å². The SMILES string of the molecule is CNCC1CCCN(C(=O)c2cc(Cl)cc3cccnc23)C1. The van der Waals surface area contributed by atoms with Crippen molar-refractivity contribution in [3.63, 3.8) is 0 Å². The summed E-state index contributed by atoms with van der Waals surface area (Å²) in [6, 6.07) is 7.38. The fourth-order valence-corrected chi connectivity index (χ4v) is 3.42. The number of rotatable bonds is 3. The third-order valence-electron chi connectivity index (χ3n) is 4.20. The highest BCUT2D eigenvalue weighted by Gasteiger charge is 2.25. The van der Waals surface area contributed by atoms with E-state index in [0.29, 0.717) is 16.5 Å². The molecular formula is C17H20ClN3O. The van der Waals surface area contributed by atoms with Crippen molar-refractivity contribution < 1.29 is 4.79 Å². The summed E-state index contributed by atoms with van der Waals surface area (Å²) in [6.07, 6.45) is 3.93. The minimum atomic E-state index is 0.0343. The Balaban J connectivity index is 1.91. The van der Waals surface area contributed by atoms with Gasteiger partial charge in [-0.1, -0.05) is 17.7 Å². The lowest BCUT2D eigenvalue weighted by atomic mass is 9.97. The zero-order valence-corrected chi connectivity index (χ0v) is 13.4. The van der Waals surface area contributed by atoms with Crippen molar-refractivity contribution in [1.82, 2.24) is 15.2 Å². The van der Waals surface area contributed by atoms with Gasteiger partial charge in [0.1, 0.15) is 0 Å². The molecule has 1 amide bonds. The molecule has 0 aliphatic carbocycles. The molecule has 2 aromatic rings. The summed E-state index contributed by atoms with van der Waals surface area (Å²) in [5.74, 6) is 0.549. The van der Waals surface area contributed by atoms with E-state index in [1.54, 1.807) is 12.3 Å². The van der Waals surface area contributed by atoms with Gasteiger partial charge >= 0.3 is 0 Å². The van der Waals surface area contributed by atoms with Crippen molar-refractivity contribution >= 4 is 28.4 Å². The van der Waals surface area contributed by atoms with E-state index in [1.165, 1.54) is 6.42 Å². The molecule has 2 heterocycles. The topological polar surface area (TPSA) is 45.2 Å². The van der Waals surface area contributed by atoms with Crippen molar-refractivity contribution in [3.8, 4) is 0 Å². The molecule has 1 unspecified atom stereocenters. The second-order valence-corrected chi connectivity index (χ2v) is 6.28. The quantitative estimate of drug-likeness (QED) is 0.946. The molecule has 0 saturated carbocycles. The average molecular weight is 318 g/mol. The first kappa shape index (κ1) is 15.3. The van der Waals surface area contributed by atoms with Crippen LogP contribution in [0.3, 0.4) is 0 Å². The Morgan fingerprint density at radius 3 is 3.18 bits per heavy atom. The average Bonchev–Trinajstić information content (AvgIpc) is 2.54. The van der Waals surface area contributed by atoms with Gasteiger partial charge in [0.05, 0.1) is 11.1 Å². The molecule has 1 N–H and O–H groups in total. The number of benzene rings is 1. The van der Waals surface area contributed by atoms with Gasteiger partial charge in [0.15, 0.2) is 0 Å². The Hall–Kier alpha value is -1.65. The maximum atomic E-state index is 12.9. The molecule has 116 valence electrons. The maximum absolute atomic E-state index is 12.9. The van der Waals surface area contributed by atoms with Gasteiger partial charge in [-0.25, -0.2) is 0 Å². The fourth-order valence-electron chi connectivity index (χ4n) is 3.19. The van der Waals surface area contributed by atoms with Crippen molar-refractivity contribution in [2.45, 2.75) is 12.8 Å². The van der Waals surface area contributed by atoms with Crippen molar-refractivity contribution in [1.29, 1.82) is 0 Å². The number of aromatic nitrogens is 1. The van der Waals surface area contributed by atoms with E-state index in [4.69, 9.17) is 11.6 Å². The normalized spacial score (nSPS) is 18.6.